The van der Waals surface area contributed by atoms with Crippen LogP contribution in [0.15, 0.2) is 60.8 Å². The number of carbonyl (C=O) groups excluding carboxylic acids is 4. The van der Waals surface area contributed by atoms with E-state index in [1.54, 1.807) is 6.92 Å². The molecule has 12 rings (SSSR count). The second-order valence-corrected chi connectivity index (χ2v) is 19.6. The zero-order valence-electron chi connectivity index (χ0n) is 37.6. The standard InChI is InChI=1S/C50H58N8O7/c1-24(20-26-8-6-7-9-26)39(55-49(61)64-4)47(59)58-43-36-37(43)38(36)44(58)46-52-34-19-16-30-21-29(15-18-33(30)41(34)54-46)27-10-12-28(13-11-27)35-23-51-45(53-35)42-31-14-17-32(22-31)57(42)48(60)40(25(2)63-3)56-50(62)65-5/h10-13,15-16,18-19,21,23-26,31-32,36-40,42-44H,6-9,14,17,20,22H2,1-5H3,(H,51,53)(H,52,54)(H,55,61)(H,56,62)/t24?,25-,31+,32-,36-,37?,38?,39+,40+,42+,43+,44+/m1/s1. The summed E-state index contributed by atoms with van der Waals surface area (Å²) in [6.07, 6.45) is 8.61. The fourth-order valence-corrected chi connectivity index (χ4v) is 12.6. The van der Waals surface area contributed by atoms with Crippen LogP contribution in [0.3, 0.4) is 0 Å². The maximum Gasteiger partial charge on any atom is 0.407 e. The summed E-state index contributed by atoms with van der Waals surface area (Å²) in [7, 11) is 4.16. The number of nitrogens with one attached hydrogen (secondary N) is 4. The van der Waals surface area contributed by atoms with E-state index in [-0.39, 0.29) is 47.8 Å². The second-order valence-electron chi connectivity index (χ2n) is 19.6. The molecule has 7 fully saturated rings. The van der Waals surface area contributed by atoms with E-state index >= 15 is 0 Å². The largest absolute Gasteiger partial charge is 0.453 e. The highest BCUT2D eigenvalue weighted by molar-refractivity contribution is 6.05. The first-order valence-electron chi connectivity index (χ1n) is 23.5. The molecule has 0 spiro atoms. The molecule has 3 aromatic carbocycles. The van der Waals surface area contributed by atoms with Gasteiger partial charge in [-0.05, 0) is 102 Å². The third-order valence-electron chi connectivity index (χ3n) is 16.1. The third-order valence-corrected chi connectivity index (χ3v) is 16.1. The van der Waals surface area contributed by atoms with Crippen LogP contribution < -0.4 is 10.6 Å². The number of imidazole rings is 2. The van der Waals surface area contributed by atoms with E-state index in [0.29, 0.717) is 23.7 Å². The van der Waals surface area contributed by atoms with Gasteiger partial charge in [0.25, 0.3) is 0 Å². The number of nitrogens with zero attached hydrogens (tertiary/aromatic N) is 4. The van der Waals surface area contributed by atoms with Gasteiger partial charge >= 0.3 is 12.2 Å². The highest BCUT2D eigenvalue weighted by atomic mass is 16.5. The van der Waals surface area contributed by atoms with Gasteiger partial charge in [-0.25, -0.2) is 19.6 Å². The molecule has 3 unspecified atom stereocenters. The first-order chi connectivity index (χ1) is 31.6. The van der Waals surface area contributed by atoms with E-state index < -0.39 is 30.4 Å². The number of hydrogen-bond donors (Lipinski definition) is 4. The molecule has 7 aliphatic rings. The molecule has 65 heavy (non-hydrogen) atoms. The van der Waals surface area contributed by atoms with Gasteiger partial charge in [0.2, 0.25) is 11.8 Å². The zero-order chi connectivity index (χ0) is 44.8. The molecule has 4 bridgehead atoms. The summed E-state index contributed by atoms with van der Waals surface area (Å²) in [6.45, 7) is 3.86. The number of aromatic nitrogens is 4. The summed E-state index contributed by atoms with van der Waals surface area (Å²) in [5.74, 6) is 3.63. The van der Waals surface area contributed by atoms with Gasteiger partial charge in [-0.15, -0.1) is 0 Å². The number of amides is 4. The molecule has 4 saturated carbocycles. The van der Waals surface area contributed by atoms with Crippen LogP contribution in [-0.2, 0) is 23.8 Å². The molecule has 0 radical (unpaired) electrons. The van der Waals surface area contributed by atoms with Crippen molar-refractivity contribution in [1.82, 2.24) is 40.4 Å². The Morgan fingerprint density at radius 3 is 2.17 bits per heavy atom. The van der Waals surface area contributed by atoms with Gasteiger partial charge in [-0.1, -0.05) is 75.1 Å². The molecule has 12 atom stereocenters. The van der Waals surface area contributed by atoms with E-state index in [0.717, 1.165) is 81.5 Å². The zero-order valence-corrected chi connectivity index (χ0v) is 37.6. The minimum Gasteiger partial charge on any atom is -0.453 e. The van der Waals surface area contributed by atoms with E-state index in [4.69, 9.17) is 24.2 Å². The quantitative estimate of drug-likeness (QED) is 0.0923. The first-order valence-corrected chi connectivity index (χ1v) is 23.5. The number of fused-ring (bicyclic) bond motifs is 6. The number of likely N-dealkylation sites (tertiary alicyclic amines) is 1. The van der Waals surface area contributed by atoms with Gasteiger partial charge in [0.15, 0.2) is 0 Å². The number of methoxy groups -OCH3 is 3. The lowest BCUT2D eigenvalue weighted by molar-refractivity contribution is -0.141. The molecule has 2 aromatic heterocycles. The summed E-state index contributed by atoms with van der Waals surface area (Å²) < 4.78 is 15.3. The molecule has 3 saturated heterocycles. The minimum atomic E-state index is -0.891. The molecule has 15 nitrogen and oxygen atoms in total. The van der Waals surface area contributed by atoms with Crippen LogP contribution in [0.4, 0.5) is 9.59 Å². The van der Waals surface area contributed by atoms with Crippen molar-refractivity contribution >= 4 is 45.8 Å². The van der Waals surface area contributed by atoms with E-state index in [1.165, 1.54) is 47.0 Å². The fraction of sp³-hybridized carbons (Fsp3) is 0.520. The van der Waals surface area contributed by atoms with Gasteiger partial charge in [0, 0.05) is 24.6 Å². The van der Waals surface area contributed by atoms with Crippen LogP contribution >= 0.6 is 0 Å². The third kappa shape index (κ3) is 7.03. The molecular formula is C50H58N8O7. The maximum absolute atomic E-state index is 14.5. The summed E-state index contributed by atoms with van der Waals surface area (Å²) in [5.41, 5.74) is 5.82. The van der Waals surface area contributed by atoms with Crippen molar-refractivity contribution in [1.29, 1.82) is 0 Å². The average molecular weight is 883 g/mol. The molecule has 4 N–H and O–H groups in total. The van der Waals surface area contributed by atoms with Gasteiger partial charge < -0.3 is 44.6 Å². The van der Waals surface area contributed by atoms with Crippen molar-refractivity contribution < 1.29 is 33.4 Å². The number of ether oxygens (including phenoxy) is 3. The Kier molecular flexibility index (Phi) is 10.4. The highest BCUT2D eigenvalue weighted by Crippen LogP contribution is 2.81. The number of aromatic amines is 2. The fourth-order valence-electron chi connectivity index (χ4n) is 12.6. The van der Waals surface area contributed by atoms with Crippen molar-refractivity contribution in [2.45, 2.75) is 108 Å². The van der Waals surface area contributed by atoms with Crippen molar-refractivity contribution in [2.24, 2.45) is 35.5 Å². The average Bonchev–Trinajstić information content (AvgIpc) is 3.91. The second kappa shape index (κ2) is 16.2. The molecule has 340 valence electrons. The number of carbonyl (C=O) groups is 4. The van der Waals surface area contributed by atoms with E-state index in [1.807, 2.05) is 11.1 Å². The van der Waals surface area contributed by atoms with Crippen molar-refractivity contribution in [3.8, 4) is 22.4 Å². The summed E-state index contributed by atoms with van der Waals surface area (Å²) in [6, 6.07) is 17.4. The van der Waals surface area contributed by atoms with Gasteiger partial charge in [0.1, 0.15) is 23.7 Å². The molecule has 5 heterocycles. The Morgan fingerprint density at radius 1 is 0.754 bits per heavy atom. The van der Waals surface area contributed by atoms with Gasteiger partial charge in [-0.3, -0.25) is 9.59 Å². The van der Waals surface area contributed by atoms with Crippen molar-refractivity contribution in [3.63, 3.8) is 0 Å². The predicted octanol–water partition coefficient (Wildman–Crippen LogP) is 7.65. The minimum absolute atomic E-state index is 0.00705. The molecule has 4 amide bonds. The number of alkyl carbamates (subject to hydrolysis) is 2. The Labute approximate surface area is 377 Å². The maximum atomic E-state index is 14.5. The van der Waals surface area contributed by atoms with Crippen LogP contribution in [0.2, 0.25) is 0 Å². The highest BCUT2D eigenvalue weighted by Gasteiger charge is 2.86. The number of benzene rings is 3. The lowest BCUT2D eigenvalue weighted by Crippen LogP contribution is -2.56. The molecule has 4 aliphatic carbocycles. The summed E-state index contributed by atoms with van der Waals surface area (Å²) in [4.78, 5) is 74.5. The topological polar surface area (TPSA) is 184 Å². The Morgan fingerprint density at radius 2 is 1.45 bits per heavy atom. The summed E-state index contributed by atoms with van der Waals surface area (Å²) in [5, 5.41) is 7.78. The molecule has 3 aliphatic heterocycles. The molecule has 5 aromatic rings. The summed E-state index contributed by atoms with van der Waals surface area (Å²) >= 11 is 0. The van der Waals surface area contributed by atoms with Gasteiger partial charge in [-0.2, -0.15) is 0 Å². The van der Waals surface area contributed by atoms with Crippen LogP contribution in [0, 0.1) is 35.5 Å². The van der Waals surface area contributed by atoms with E-state index in [2.05, 4.69) is 87.0 Å². The number of hydrogen-bond acceptors (Lipinski definition) is 9. The monoisotopic (exact) mass is 882 g/mol. The number of H-pyrrole nitrogens is 2. The smallest absolute Gasteiger partial charge is 0.407 e. The lowest BCUT2D eigenvalue weighted by atomic mass is 9.88. The van der Waals surface area contributed by atoms with Crippen molar-refractivity contribution in [2.75, 3.05) is 21.3 Å². The van der Waals surface area contributed by atoms with Crippen LogP contribution in [0.1, 0.15) is 88.9 Å². The van der Waals surface area contributed by atoms with Crippen LogP contribution in [-0.4, -0.2) is 105 Å². The molecule has 15 heteroatoms. The Balaban J connectivity index is 0.812. The van der Waals surface area contributed by atoms with Crippen LogP contribution in [0.5, 0.6) is 0 Å². The number of piperidine rings is 2. The van der Waals surface area contributed by atoms with Crippen LogP contribution in [0.25, 0.3) is 44.2 Å². The lowest BCUT2D eigenvalue weighted by Gasteiger charge is -2.37. The Hall–Kier alpha value is -5.96. The number of rotatable bonds is 13. The molecular weight excluding hydrogens is 825 g/mol. The van der Waals surface area contributed by atoms with Gasteiger partial charge in [0.05, 0.1) is 55.3 Å². The Bertz CT molecular complexity index is 2660. The first kappa shape index (κ1) is 41.7. The SMILES string of the molecule is COC(=O)N[C@H](C(=O)N1[C@H](c2nc3ccc4cc(-c5ccc(-c6cnc([C@@H]7[C@H]8CC[C@H](C8)N7C(=O)[C@@H](NC(=O)OC)[C@@H](C)OC)[nH]6)cc5)ccc4c3[nH]2)C2C3[C@H]2[C@@H]31)C(C)CC1CCCC1. The predicted molar refractivity (Wildman–Crippen MR) is 242 cm³/mol. The normalized spacial score (nSPS) is 28.0. The van der Waals surface area contributed by atoms with Crippen molar-refractivity contribution in [3.05, 3.63) is 72.4 Å². The van der Waals surface area contributed by atoms with E-state index in [9.17, 15) is 19.2 Å².